The van der Waals surface area contributed by atoms with E-state index in [1.807, 2.05) is 73.3 Å². The Labute approximate surface area is 194 Å². The fraction of sp³-hybridized carbons (Fsp3) is 0.320. The molecule has 1 aliphatic heterocycles. The minimum Gasteiger partial charge on any atom is -0.494 e. The van der Waals surface area contributed by atoms with Gasteiger partial charge in [0.05, 0.1) is 12.8 Å². The highest BCUT2D eigenvalue weighted by molar-refractivity contribution is 5.96. The number of nitrogens with zero attached hydrogens (tertiary/aromatic N) is 3. The highest BCUT2D eigenvalue weighted by Gasteiger charge is 2.13. The molecule has 0 atom stereocenters. The third-order valence-electron chi connectivity index (χ3n) is 5.31. The molecular formula is C25H30N6O2. The fourth-order valence-electron chi connectivity index (χ4n) is 3.76. The molecule has 8 heteroatoms. The van der Waals surface area contributed by atoms with Crippen LogP contribution in [0.4, 0.5) is 22.9 Å². The molecule has 33 heavy (non-hydrogen) atoms. The number of aryl methyl sites for hydroxylation is 1. The molecule has 0 fully saturated rings. The molecule has 172 valence electrons. The van der Waals surface area contributed by atoms with Gasteiger partial charge in [0.1, 0.15) is 18.3 Å². The highest BCUT2D eigenvalue weighted by atomic mass is 16.5. The minimum atomic E-state index is 0.0315. The van der Waals surface area contributed by atoms with Crippen molar-refractivity contribution >= 4 is 34.6 Å². The Morgan fingerprint density at radius 2 is 1.85 bits per heavy atom. The topological polar surface area (TPSA) is 92.6 Å². The third-order valence-corrected chi connectivity index (χ3v) is 5.31. The molecule has 0 spiro atoms. The molecule has 0 saturated carbocycles. The van der Waals surface area contributed by atoms with Crippen molar-refractivity contribution in [3.05, 3.63) is 60.3 Å². The summed E-state index contributed by atoms with van der Waals surface area (Å²) in [5.41, 5.74) is 3.66. The molecule has 3 N–H and O–H groups in total. The molecule has 2 bridgehead atoms. The summed E-state index contributed by atoms with van der Waals surface area (Å²) < 4.78 is 7.45. The number of fused-ring (bicyclic) bond motifs is 3. The minimum absolute atomic E-state index is 0.0315. The number of carbonyl (C=O) groups is 1. The van der Waals surface area contributed by atoms with Gasteiger partial charge >= 0.3 is 0 Å². The maximum absolute atomic E-state index is 12.3. The van der Waals surface area contributed by atoms with Gasteiger partial charge in [0.2, 0.25) is 5.91 Å². The van der Waals surface area contributed by atoms with E-state index in [-0.39, 0.29) is 5.91 Å². The van der Waals surface area contributed by atoms with Gasteiger partial charge in [0.15, 0.2) is 5.82 Å². The smallest absolute Gasteiger partial charge is 0.224 e. The molecule has 0 radical (unpaired) electrons. The van der Waals surface area contributed by atoms with Gasteiger partial charge in [-0.15, -0.1) is 0 Å². The van der Waals surface area contributed by atoms with Gasteiger partial charge in [-0.25, -0.2) is 9.67 Å². The third kappa shape index (κ3) is 6.12. The van der Waals surface area contributed by atoms with Gasteiger partial charge in [0.25, 0.3) is 0 Å². The largest absolute Gasteiger partial charge is 0.494 e. The SMILES string of the molecule is CCOc1cccc(NCn2ncc3c2N=C(C)Nc2cccc(c2)NC(=O)CCCC3)c1. The second-order valence-electron chi connectivity index (χ2n) is 7.95. The summed E-state index contributed by atoms with van der Waals surface area (Å²) in [4.78, 5) is 17.1. The summed E-state index contributed by atoms with van der Waals surface area (Å²) in [6.07, 6.45) is 4.86. The maximum Gasteiger partial charge on any atom is 0.224 e. The molecule has 8 nitrogen and oxygen atoms in total. The van der Waals surface area contributed by atoms with E-state index in [1.54, 1.807) is 0 Å². The molecule has 2 heterocycles. The van der Waals surface area contributed by atoms with Crippen LogP contribution in [0.1, 0.15) is 38.7 Å². The molecule has 0 aliphatic carbocycles. The van der Waals surface area contributed by atoms with Crippen molar-refractivity contribution in [2.24, 2.45) is 4.99 Å². The van der Waals surface area contributed by atoms with Crippen molar-refractivity contribution in [2.75, 3.05) is 22.6 Å². The molecule has 1 aromatic heterocycles. The molecule has 2 aromatic carbocycles. The van der Waals surface area contributed by atoms with Crippen molar-refractivity contribution in [1.29, 1.82) is 0 Å². The summed E-state index contributed by atoms with van der Waals surface area (Å²) in [6.45, 7) is 5.00. The number of aliphatic imine (C=N–C) groups is 1. The number of hydrogen-bond donors (Lipinski definition) is 3. The van der Waals surface area contributed by atoms with Gasteiger partial charge in [0, 0.05) is 35.1 Å². The lowest BCUT2D eigenvalue weighted by Crippen LogP contribution is -2.13. The first-order chi connectivity index (χ1) is 16.1. The number of hydrogen-bond acceptors (Lipinski definition) is 6. The first-order valence-corrected chi connectivity index (χ1v) is 11.3. The lowest BCUT2D eigenvalue weighted by atomic mass is 10.1. The van der Waals surface area contributed by atoms with E-state index >= 15 is 0 Å². The monoisotopic (exact) mass is 446 g/mol. The van der Waals surface area contributed by atoms with E-state index in [0.717, 1.165) is 59.3 Å². The Kier molecular flexibility index (Phi) is 7.24. The van der Waals surface area contributed by atoms with E-state index < -0.39 is 0 Å². The van der Waals surface area contributed by atoms with Crippen LogP contribution in [0.2, 0.25) is 0 Å². The van der Waals surface area contributed by atoms with Crippen LogP contribution >= 0.6 is 0 Å². The van der Waals surface area contributed by atoms with Crippen LogP contribution in [0, 0.1) is 0 Å². The van der Waals surface area contributed by atoms with Gasteiger partial charge in [-0.3, -0.25) is 4.79 Å². The van der Waals surface area contributed by atoms with Crippen LogP contribution in [0.25, 0.3) is 0 Å². The highest BCUT2D eigenvalue weighted by Crippen LogP contribution is 2.24. The van der Waals surface area contributed by atoms with Crippen LogP contribution in [-0.4, -0.2) is 28.1 Å². The van der Waals surface area contributed by atoms with Gasteiger partial charge in [-0.1, -0.05) is 12.1 Å². The predicted molar refractivity (Wildman–Crippen MR) is 132 cm³/mol. The van der Waals surface area contributed by atoms with E-state index in [4.69, 9.17) is 9.73 Å². The number of rotatable bonds is 5. The number of aromatic nitrogens is 2. The Morgan fingerprint density at radius 3 is 2.70 bits per heavy atom. The number of amides is 1. The Bertz CT molecular complexity index is 1140. The van der Waals surface area contributed by atoms with Crippen molar-refractivity contribution in [1.82, 2.24) is 9.78 Å². The van der Waals surface area contributed by atoms with E-state index in [9.17, 15) is 4.79 Å². The second kappa shape index (κ2) is 10.7. The quantitative estimate of drug-likeness (QED) is 0.502. The van der Waals surface area contributed by atoms with Crippen LogP contribution < -0.4 is 20.7 Å². The average Bonchev–Trinajstić information content (AvgIpc) is 3.16. The average molecular weight is 447 g/mol. The molecule has 3 aromatic rings. The van der Waals surface area contributed by atoms with Crippen LogP contribution in [0.3, 0.4) is 0 Å². The summed E-state index contributed by atoms with van der Waals surface area (Å²) >= 11 is 0. The molecule has 0 unspecified atom stereocenters. The summed E-state index contributed by atoms with van der Waals surface area (Å²) in [5, 5.41) is 14.3. The second-order valence-corrected chi connectivity index (χ2v) is 7.95. The zero-order chi connectivity index (χ0) is 23.0. The number of ether oxygens (including phenoxy) is 1. The van der Waals surface area contributed by atoms with Gasteiger partial charge in [-0.2, -0.15) is 5.10 Å². The van der Waals surface area contributed by atoms with E-state index in [2.05, 4.69) is 21.0 Å². The standard InChI is InChI=1S/C25H30N6O2/c1-3-33-23-12-7-9-20(15-23)26-17-31-25-19(16-27-31)8-4-5-13-24(32)30-22-11-6-10-21(14-22)28-18(2)29-25/h6-7,9-12,14-16,26H,3-5,8,13,17H2,1-2H3,(H,28,29)(H,30,32). The van der Waals surface area contributed by atoms with Crippen molar-refractivity contribution in [3.63, 3.8) is 0 Å². The first-order valence-electron chi connectivity index (χ1n) is 11.3. The summed E-state index contributed by atoms with van der Waals surface area (Å²) in [6, 6.07) is 15.5. The van der Waals surface area contributed by atoms with Crippen LogP contribution in [-0.2, 0) is 17.9 Å². The zero-order valence-corrected chi connectivity index (χ0v) is 19.1. The van der Waals surface area contributed by atoms with Crippen molar-refractivity contribution in [2.45, 2.75) is 46.2 Å². The zero-order valence-electron chi connectivity index (χ0n) is 19.1. The van der Waals surface area contributed by atoms with E-state index in [1.165, 1.54) is 0 Å². The lowest BCUT2D eigenvalue weighted by Gasteiger charge is -2.13. The molecule has 0 saturated heterocycles. The number of nitrogens with one attached hydrogen (secondary N) is 3. The van der Waals surface area contributed by atoms with Gasteiger partial charge < -0.3 is 20.7 Å². The molecule has 1 amide bonds. The number of carbonyl (C=O) groups excluding carboxylic acids is 1. The molecular weight excluding hydrogens is 416 g/mol. The maximum atomic E-state index is 12.3. The lowest BCUT2D eigenvalue weighted by molar-refractivity contribution is -0.116. The van der Waals surface area contributed by atoms with Crippen LogP contribution in [0.5, 0.6) is 5.75 Å². The van der Waals surface area contributed by atoms with Crippen molar-refractivity contribution in [3.8, 4) is 5.75 Å². The normalized spacial score (nSPS) is 14.2. The molecule has 1 aliphatic rings. The predicted octanol–water partition coefficient (Wildman–Crippen LogP) is 5.18. The Morgan fingerprint density at radius 1 is 1.06 bits per heavy atom. The number of amidine groups is 1. The van der Waals surface area contributed by atoms with Crippen molar-refractivity contribution < 1.29 is 9.53 Å². The van der Waals surface area contributed by atoms with E-state index in [0.29, 0.717) is 19.7 Å². The van der Waals surface area contributed by atoms with Gasteiger partial charge in [-0.05, 0) is 63.4 Å². The number of anilines is 3. The molecule has 4 rings (SSSR count). The Balaban J connectivity index is 1.57. The Hall–Kier alpha value is -3.81. The summed E-state index contributed by atoms with van der Waals surface area (Å²) in [7, 11) is 0. The number of benzene rings is 2. The van der Waals surface area contributed by atoms with Crippen LogP contribution in [0.15, 0.2) is 59.7 Å². The first kappa shape index (κ1) is 22.4. The fourth-order valence-corrected chi connectivity index (χ4v) is 3.76. The summed E-state index contributed by atoms with van der Waals surface area (Å²) in [5.74, 6) is 2.42.